The summed E-state index contributed by atoms with van der Waals surface area (Å²) >= 11 is 0. The van der Waals surface area contributed by atoms with Crippen LogP contribution in [0.1, 0.15) is 30.2 Å². The first-order valence-electron chi connectivity index (χ1n) is 5.42. The third-order valence-corrected chi connectivity index (χ3v) is 2.23. The average Bonchev–Trinajstić information content (AvgIpc) is 2.75. The molecule has 0 amide bonds. The van der Waals surface area contributed by atoms with Gasteiger partial charge in [0.25, 0.3) is 0 Å². The van der Waals surface area contributed by atoms with Gasteiger partial charge in [0.15, 0.2) is 6.61 Å². The molecule has 0 fully saturated rings. The van der Waals surface area contributed by atoms with E-state index in [0.717, 1.165) is 11.3 Å². The van der Waals surface area contributed by atoms with Crippen LogP contribution in [0, 0.1) is 6.92 Å². The second-order valence-electron chi connectivity index (χ2n) is 3.94. The van der Waals surface area contributed by atoms with E-state index in [1.165, 1.54) is 0 Å². The normalized spacial score (nSPS) is 12.4. The summed E-state index contributed by atoms with van der Waals surface area (Å²) in [5.74, 6) is 1.71. The Balaban J connectivity index is 1.97. The monoisotopic (exact) mass is 233 g/mol. The third-order valence-electron chi connectivity index (χ3n) is 2.23. The number of aryl methyl sites for hydroxylation is 1. The Bertz CT molecular complexity index is 494. The van der Waals surface area contributed by atoms with E-state index in [1.54, 1.807) is 6.92 Å². The topological polar surface area (TPSA) is 74.2 Å². The fourth-order valence-corrected chi connectivity index (χ4v) is 1.36. The highest BCUT2D eigenvalue weighted by Gasteiger charge is 2.10. The Morgan fingerprint density at radius 1 is 1.47 bits per heavy atom. The molecule has 0 aliphatic carbocycles. The zero-order chi connectivity index (χ0) is 12.3. The van der Waals surface area contributed by atoms with Crippen LogP contribution in [0.15, 0.2) is 28.8 Å². The van der Waals surface area contributed by atoms with Crippen molar-refractivity contribution in [3.05, 3.63) is 41.5 Å². The van der Waals surface area contributed by atoms with Gasteiger partial charge in [-0.1, -0.05) is 17.3 Å². The van der Waals surface area contributed by atoms with Crippen LogP contribution in [-0.4, -0.2) is 10.1 Å². The molecule has 0 aliphatic heterocycles. The standard InChI is InChI=1S/C12H15N3O2/c1-8-4-3-5-10(6-8)16-7-11-14-12(9(2)13)17-15-11/h3-6,9H,7,13H2,1-2H3. The maximum Gasteiger partial charge on any atom is 0.243 e. The zero-order valence-corrected chi connectivity index (χ0v) is 9.88. The van der Waals surface area contributed by atoms with Crippen LogP contribution in [0.4, 0.5) is 0 Å². The molecule has 90 valence electrons. The summed E-state index contributed by atoms with van der Waals surface area (Å²) in [4.78, 5) is 4.12. The van der Waals surface area contributed by atoms with Gasteiger partial charge in [0, 0.05) is 0 Å². The smallest absolute Gasteiger partial charge is 0.243 e. The number of nitrogens with zero attached hydrogens (tertiary/aromatic N) is 2. The lowest BCUT2D eigenvalue weighted by Crippen LogP contribution is -2.05. The molecule has 0 bridgehead atoms. The van der Waals surface area contributed by atoms with Crippen LogP contribution in [0.3, 0.4) is 0 Å². The molecule has 2 aromatic rings. The van der Waals surface area contributed by atoms with Gasteiger partial charge in [0.05, 0.1) is 6.04 Å². The summed E-state index contributed by atoms with van der Waals surface area (Å²) in [7, 11) is 0. The van der Waals surface area contributed by atoms with Crippen molar-refractivity contribution < 1.29 is 9.26 Å². The van der Waals surface area contributed by atoms with Crippen LogP contribution < -0.4 is 10.5 Å². The second-order valence-corrected chi connectivity index (χ2v) is 3.94. The van der Waals surface area contributed by atoms with Gasteiger partial charge in [-0.05, 0) is 31.5 Å². The molecule has 1 aromatic heterocycles. The van der Waals surface area contributed by atoms with Gasteiger partial charge in [-0.25, -0.2) is 0 Å². The van der Waals surface area contributed by atoms with E-state index in [4.69, 9.17) is 15.0 Å². The van der Waals surface area contributed by atoms with Gasteiger partial charge in [-0.15, -0.1) is 0 Å². The number of hydrogen-bond donors (Lipinski definition) is 1. The number of ether oxygens (including phenoxy) is 1. The van der Waals surface area contributed by atoms with E-state index >= 15 is 0 Å². The maximum atomic E-state index is 5.62. The molecule has 1 aromatic carbocycles. The highest BCUT2D eigenvalue weighted by molar-refractivity contribution is 5.27. The molecule has 0 radical (unpaired) electrons. The van der Waals surface area contributed by atoms with Crippen LogP contribution in [0.5, 0.6) is 5.75 Å². The largest absolute Gasteiger partial charge is 0.485 e. The lowest BCUT2D eigenvalue weighted by Gasteiger charge is -2.03. The van der Waals surface area contributed by atoms with Gasteiger partial charge >= 0.3 is 0 Å². The van der Waals surface area contributed by atoms with Gasteiger partial charge in [0.2, 0.25) is 11.7 Å². The molecule has 0 aliphatic rings. The first-order valence-corrected chi connectivity index (χ1v) is 5.42. The predicted octanol–water partition coefficient (Wildman–Crippen LogP) is 1.98. The number of rotatable bonds is 4. The van der Waals surface area contributed by atoms with Crippen molar-refractivity contribution in [2.75, 3.05) is 0 Å². The summed E-state index contributed by atoms with van der Waals surface area (Å²) in [6.07, 6.45) is 0. The minimum absolute atomic E-state index is 0.254. The number of benzene rings is 1. The Morgan fingerprint density at radius 3 is 2.94 bits per heavy atom. The van der Waals surface area contributed by atoms with E-state index in [9.17, 15) is 0 Å². The molecular formula is C12H15N3O2. The molecule has 0 saturated heterocycles. The molecule has 0 saturated carbocycles. The van der Waals surface area contributed by atoms with Crippen LogP contribution in [0.25, 0.3) is 0 Å². The zero-order valence-electron chi connectivity index (χ0n) is 9.88. The first-order chi connectivity index (χ1) is 8.15. The van der Waals surface area contributed by atoms with Gasteiger partial charge in [0.1, 0.15) is 5.75 Å². The van der Waals surface area contributed by atoms with Crippen molar-refractivity contribution >= 4 is 0 Å². The first kappa shape index (κ1) is 11.6. The molecular weight excluding hydrogens is 218 g/mol. The van der Waals surface area contributed by atoms with E-state index in [1.807, 2.05) is 31.2 Å². The minimum Gasteiger partial charge on any atom is -0.485 e. The predicted molar refractivity (Wildman–Crippen MR) is 62.4 cm³/mol. The van der Waals surface area contributed by atoms with E-state index in [2.05, 4.69) is 10.1 Å². The Hall–Kier alpha value is -1.88. The average molecular weight is 233 g/mol. The number of hydrogen-bond acceptors (Lipinski definition) is 5. The lowest BCUT2D eigenvalue weighted by atomic mass is 10.2. The molecule has 17 heavy (non-hydrogen) atoms. The molecule has 5 nitrogen and oxygen atoms in total. The van der Waals surface area contributed by atoms with Crippen molar-refractivity contribution in [3.8, 4) is 5.75 Å². The fraction of sp³-hybridized carbons (Fsp3) is 0.333. The molecule has 1 atom stereocenters. The summed E-state index contributed by atoms with van der Waals surface area (Å²) in [5.41, 5.74) is 6.76. The summed E-state index contributed by atoms with van der Waals surface area (Å²) in [6, 6.07) is 7.53. The quantitative estimate of drug-likeness (QED) is 0.873. The van der Waals surface area contributed by atoms with Crippen molar-refractivity contribution in [3.63, 3.8) is 0 Å². The van der Waals surface area contributed by atoms with Crippen molar-refractivity contribution in [2.24, 2.45) is 5.73 Å². The fourth-order valence-electron chi connectivity index (χ4n) is 1.36. The summed E-state index contributed by atoms with van der Waals surface area (Å²) in [6.45, 7) is 4.08. The molecule has 1 heterocycles. The summed E-state index contributed by atoms with van der Waals surface area (Å²) in [5, 5.41) is 3.78. The Labute approximate surface area is 99.6 Å². The molecule has 0 spiro atoms. The van der Waals surface area contributed by atoms with Crippen LogP contribution in [0.2, 0.25) is 0 Å². The second kappa shape index (κ2) is 4.97. The van der Waals surface area contributed by atoms with Crippen molar-refractivity contribution in [1.29, 1.82) is 0 Å². The minimum atomic E-state index is -0.254. The highest BCUT2D eigenvalue weighted by Crippen LogP contribution is 2.14. The molecule has 2 N–H and O–H groups in total. The van der Waals surface area contributed by atoms with E-state index < -0.39 is 0 Å². The van der Waals surface area contributed by atoms with Gasteiger partial charge < -0.3 is 15.0 Å². The van der Waals surface area contributed by atoms with Crippen LogP contribution >= 0.6 is 0 Å². The molecule has 2 rings (SSSR count). The van der Waals surface area contributed by atoms with Gasteiger partial charge in [-0.3, -0.25) is 0 Å². The SMILES string of the molecule is Cc1cccc(OCc2noc(C(C)N)n2)c1. The maximum absolute atomic E-state index is 5.62. The molecule has 1 unspecified atom stereocenters. The summed E-state index contributed by atoms with van der Waals surface area (Å²) < 4.78 is 10.5. The van der Waals surface area contributed by atoms with Crippen molar-refractivity contribution in [2.45, 2.75) is 26.5 Å². The Kier molecular flexibility index (Phi) is 3.39. The highest BCUT2D eigenvalue weighted by atomic mass is 16.5. The van der Waals surface area contributed by atoms with Crippen molar-refractivity contribution in [1.82, 2.24) is 10.1 Å². The third kappa shape index (κ3) is 3.04. The number of aromatic nitrogens is 2. The Morgan fingerprint density at radius 2 is 2.29 bits per heavy atom. The lowest BCUT2D eigenvalue weighted by molar-refractivity contribution is 0.284. The van der Waals surface area contributed by atoms with Gasteiger partial charge in [-0.2, -0.15) is 4.98 Å². The van der Waals surface area contributed by atoms with Crippen LogP contribution in [-0.2, 0) is 6.61 Å². The molecule has 5 heteroatoms. The van der Waals surface area contributed by atoms with E-state index in [-0.39, 0.29) is 12.6 Å². The number of nitrogens with two attached hydrogens (primary N) is 1. The van der Waals surface area contributed by atoms with E-state index in [0.29, 0.717) is 11.7 Å².